The topological polar surface area (TPSA) is 26.3 Å². The average molecular weight is 282 g/mol. The summed E-state index contributed by atoms with van der Waals surface area (Å²) in [4.78, 5) is 10.9. The first kappa shape index (κ1) is 16.5. The van der Waals surface area contributed by atoms with Crippen LogP contribution in [0.25, 0.3) is 0 Å². The van der Waals surface area contributed by atoms with Gasteiger partial charge in [0.1, 0.15) is 6.10 Å². The third-order valence-electron chi connectivity index (χ3n) is 4.10. The van der Waals surface area contributed by atoms with Crippen LogP contribution in [0.3, 0.4) is 0 Å². The summed E-state index contributed by atoms with van der Waals surface area (Å²) in [6.07, 6.45) is 11.3. The summed E-state index contributed by atoms with van der Waals surface area (Å²) in [5.74, 6) is 0.653. The molecule has 0 N–H and O–H groups in total. The Morgan fingerprint density at radius 3 is 2.21 bits per heavy atom. The van der Waals surface area contributed by atoms with E-state index in [0.717, 1.165) is 5.92 Å². The van der Waals surface area contributed by atoms with Gasteiger partial charge in [-0.1, -0.05) is 57.8 Å². The van der Waals surface area contributed by atoms with Crippen molar-refractivity contribution in [2.45, 2.75) is 77.2 Å². The Kier molecular flexibility index (Phi) is 6.31. The van der Waals surface area contributed by atoms with Gasteiger partial charge in [0.05, 0.1) is 8.07 Å². The van der Waals surface area contributed by atoms with Gasteiger partial charge in [0.25, 0.3) is 0 Å². The second-order valence-corrected chi connectivity index (χ2v) is 12.4. The summed E-state index contributed by atoms with van der Waals surface area (Å²) in [5, 5.41) is 0. The number of carbonyl (C=O) groups is 1. The van der Waals surface area contributed by atoms with Gasteiger partial charge < -0.3 is 4.74 Å². The van der Waals surface area contributed by atoms with Gasteiger partial charge in [-0.15, -0.1) is 0 Å². The molecule has 1 aliphatic rings. The monoisotopic (exact) mass is 282 g/mol. The summed E-state index contributed by atoms with van der Waals surface area (Å²) >= 11 is 0. The van der Waals surface area contributed by atoms with Crippen LogP contribution in [0.4, 0.5) is 0 Å². The van der Waals surface area contributed by atoms with Crippen LogP contribution in [0, 0.1) is 5.92 Å². The molecule has 3 heteroatoms. The molecule has 0 unspecified atom stereocenters. The van der Waals surface area contributed by atoms with Gasteiger partial charge >= 0.3 is 5.97 Å². The molecule has 0 bridgehead atoms. The minimum Gasteiger partial charge on any atom is -0.459 e. The number of rotatable bonds is 5. The van der Waals surface area contributed by atoms with Gasteiger partial charge in [0.2, 0.25) is 0 Å². The molecule has 1 aliphatic carbocycles. The molecule has 1 rings (SSSR count). The smallest absolute Gasteiger partial charge is 0.303 e. The molecule has 0 radical (unpaired) electrons. The van der Waals surface area contributed by atoms with E-state index in [2.05, 4.69) is 31.8 Å². The van der Waals surface area contributed by atoms with E-state index in [4.69, 9.17) is 4.74 Å². The van der Waals surface area contributed by atoms with Crippen LogP contribution in [-0.4, -0.2) is 20.1 Å². The third kappa shape index (κ3) is 5.94. The molecular formula is C16H30O2Si. The van der Waals surface area contributed by atoms with E-state index in [9.17, 15) is 4.79 Å². The van der Waals surface area contributed by atoms with Gasteiger partial charge in [0, 0.05) is 6.92 Å². The van der Waals surface area contributed by atoms with E-state index in [0.29, 0.717) is 5.54 Å². The molecule has 2 nitrogen and oxygen atoms in total. The number of ether oxygens (including phenoxy) is 1. The summed E-state index contributed by atoms with van der Waals surface area (Å²) in [7, 11) is -1.21. The second kappa shape index (κ2) is 7.27. The number of hydrogen-bond acceptors (Lipinski definition) is 2. The first-order chi connectivity index (χ1) is 8.80. The molecule has 0 aromatic carbocycles. The van der Waals surface area contributed by atoms with Crippen molar-refractivity contribution in [2.75, 3.05) is 0 Å². The molecule has 0 amide bonds. The lowest BCUT2D eigenvalue weighted by atomic mass is 9.86. The van der Waals surface area contributed by atoms with Crippen molar-refractivity contribution in [2.24, 2.45) is 5.92 Å². The van der Waals surface area contributed by atoms with E-state index in [-0.39, 0.29) is 12.1 Å². The van der Waals surface area contributed by atoms with Crippen LogP contribution in [0.5, 0.6) is 0 Å². The lowest BCUT2D eigenvalue weighted by molar-refractivity contribution is -0.143. The standard InChI is InChI=1S/C16H30O2Si/c1-13(18-14(2)17)11-12-16(19(3,4)5)15-9-7-6-8-10-15/h11-13,15-16H,6-10H2,1-5H3/b12-11-/t13-,16+/m0/s1. The van der Waals surface area contributed by atoms with Gasteiger partial charge in [-0.3, -0.25) is 4.79 Å². The Labute approximate surface area is 119 Å². The van der Waals surface area contributed by atoms with Crippen molar-refractivity contribution in [3.8, 4) is 0 Å². The highest BCUT2D eigenvalue weighted by Gasteiger charge is 2.32. The van der Waals surface area contributed by atoms with Gasteiger partial charge in [0.15, 0.2) is 0 Å². The summed E-state index contributed by atoms with van der Waals surface area (Å²) in [6.45, 7) is 10.8. The lowest BCUT2D eigenvalue weighted by Crippen LogP contribution is -2.33. The minimum atomic E-state index is -1.21. The second-order valence-electron chi connectivity index (χ2n) is 6.99. The zero-order valence-corrected chi connectivity index (χ0v) is 14.2. The summed E-state index contributed by atoms with van der Waals surface area (Å²) in [5.41, 5.74) is 0.714. The van der Waals surface area contributed by atoms with Crippen LogP contribution >= 0.6 is 0 Å². The van der Waals surface area contributed by atoms with Crippen molar-refractivity contribution in [3.05, 3.63) is 12.2 Å². The van der Waals surface area contributed by atoms with E-state index >= 15 is 0 Å². The number of allylic oxidation sites excluding steroid dienone is 1. The molecule has 0 heterocycles. The first-order valence-electron chi connectivity index (χ1n) is 7.66. The molecule has 19 heavy (non-hydrogen) atoms. The fourth-order valence-electron chi connectivity index (χ4n) is 3.22. The van der Waals surface area contributed by atoms with Gasteiger partial charge in [-0.05, 0) is 24.5 Å². The number of hydrogen-bond donors (Lipinski definition) is 0. The highest BCUT2D eigenvalue weighted by atomic mass is 28.3. The zero-order valence-electron chi connectivity index (χ0n) is 13.2. The summed E-state index contributed by atoms with van der Waals surface area (Å²) in [6, 6.07) is 0. The van der Waals surface area contributed by atoms with E-state index < -0.39 is 8.07 Å². The van der Waals surface area contributed by atoms with Crippen molar-refractivity contribution in [3.63, 3.8) is 0 Å². The average Bonchev–Trinajstić information content (AvgIpc) is 2.27. The maximum absolute atomic E-state index is 10.9. The van der Waals surface area contributed by atoms with Crippen LogP contribution in [0.15, 0.2) is 12.2 Å². The largest absolute Gasteiger partial charge is 0.459 e. The summed E-state index contributed by atoms with van der Waals surface area (Å²) < 4.78 is 5.19. The van der Waals surface area contributed by atoms with E-state index in [1.165, 1.54) is 39.0 Å². The molecule has 0 saturated heterocycles. The number of esters is 1. The Hall–Kier alpha value is -0.573. The van der Waals surface area contributed by atoms with Crippen LogP contribution in [0.1, 0.15) is 46.0 Å². The van der Waals surface area contributed by atoms with Crippen molar-refractivity contribution in [1.29, 1.82) is 0 Å². The predicted molar refractivity (Wildman–Crippen MR) is 84.0 cm³/mol. The lowest BCUT2D eigenvalue weighted by Gasteiger charge is -2.36. The maximum atomic E-state index is 10.9. The Morgan fingerprint density at radius 2 is 1.74 bits per heavy atom. The molecule has 1 fully saturated rings. The van der Waals surface area contributed by atoms with Gasteiger partial charge in [-0.25, -0.2) is 0 Å². The zero-order chi connectivity index (χ0) is 14.5. The molecule has 0 aromatic rings. The Morgan fingerprint density at radius 1 is 1.16 bits per heavy atom. The SMILES string of the molecule is CC(=O)O[C@@H](C)/C=C\[C@H](C1CCCCC1)[Si](C)(C)C. The molecule has 0 aromatic heterocycles. The number of carbonyl (C=O) groups excluding carboxylic acids is 1. The normalized spacial score (nSPS) is 21.3. The fourth-order valence-corrected chi connectivity index (χ4v) is 5.66. The molecule has 110 valence electrons. The molecule has 0 spiro atoms. The maximum Gasteiger partial charge on any atom is 0.303 e. The van der Waals surface area contributed by atoms with Crippen LogP contribution in [0.2, 0.25) is 25.2 Å². The molecule has 0 aliphatic heterocycles. The fraction of sp³-hybridized carbons (Fsp3) is 0.812. The van der Waals surface area contributed by atoms with E-state index in [1.54, 1.807) is 0 Å². The molecule has 1 saturated carbocycles. The molecular weight excluding hydrogens is 252 g/mol. The minimum absolute atomic E-state index is 0.0973. The third-order valence-corrected chi connectivity index (χ3v) is 6.76. The predicted octanol–water partition coefficient (Wildman–Crippen LogP) is 4.78. The Balaban J connectivity index is 2.69. The van der Waals surface area contributed by atoms with E-state index in [1.807, 2.05) is 6.92 Å². The highest BCUT2D eigenvalue weighted by molar-refractivity contribution is 6.78. The van der Waals surface area contributed by atoms with Crippen molar-refractivity contribution in [1.82, 2.24) is 0 Å². The van der Waals surface area contributed by atoms with Crippen LogP contribution in [-0.2, 0) is 9.53 Å². The molecule has 2 atom stereocenters. The quantitative estimate of drug-likeness (QED) is 0.412. The van der Waals surface area contributed by atoms with Crippen molar-refractivity contribution < 1.29 is 9.53 Å². The first-order valence-corrected chi connectivity index (χ1v) is 11.2. The van der Waals surface area contributed by atoms with Crippen LogP contribution < -0.4 is 0 Å². The van der Waals surface area contributed by atoms with Crippen molar-refractivity contribution >= 4 is 14.0 Å². The Bertz CT molecular complexity index is 311. The van der Waals surface area contributed by atoms with Gasteiger partial charge in [-0.2, -0.15) is 0 Å². The highest BCUT2D eigenvalue weighted by Crippen LogP contribution is 2.40.